The van der Waals surface area contributed by atoms with Crippen molar-refractivity contribution in [3.63, 3.8) is 0 Å². The van der Waals surface area contributed by atoms with Crippen LogP contribution in [0, 0.1) is 0 Å². The highest BCUT2D eigenvalue weighted by atomic mass is 15.1. The van der Waals surface area contributed by atoms with Crippen molar-refractivity contribution >= 4 is 6.21 Å². The summed E-state index contributed by atoms with van der Waals surface area (Å²) in [5, 5.41) is 3.41. The van der Waals surface area contributed by atoms with Crippen molar-refractivity contribution in [3.05, 3.63) is 0 Å². The van der Waals surface area contributed by atoms with Crippen LogP contribution >= 0.6 is 0 Å². The van der Waals surface area contributed by atoms with Gasteiger partial charge in [-0.05, 0) is 20.8 Å². The summed E-state index contributed by atoms with van der Waals surface area (Å²) < 4.78 is 0. The molecule has 0 aromatic heterocycles. The van der Waals surface area contributed by atoms with Gasteiger partial charge in [-0.15, -0.1) is 0 Å². The average Bonchev–Trinajstić information content (AvgIpc) is 1.60. The molecule has 0 amide bonds. The molecule has 1 unspecified atom stereocenters. The van der Waals surface area contributed by atoms with E-state index in [2.05, 4.69) is 31.1 Å². The molecule has 0 bridgehead atoms. The van der Waals surface area contributed by atoms with Gasteiger partial charge in [0.2, 0.25) is 0 Å². The first-order chi connectivity index (χ1) is 4.10. The molecule has 0 fully saturated rings. The maximum Gasteiger partial charge on any atom is 0.0537 e. The molecule has 0 aromatic rings. The highest BCUT2D eigenvalue weighted by molar-refractivity contribution is 5.69. The van der Waals surface area contributed by atoms with E-state index in [9.17, 15) is 0 Å². The molecule has 1 rings (SSSR count). The highest BCUT2D eigenvalue weighted by Crippen LogP contribution is 2.04. The van der Waals surface area contributed by atoms with E-state index in [1.807, 2.05) is 6.21 Å². The van der Waals surface area contributed by atoms with Crippen LogP contribution in [-0.4, -0.2) is 24.3 Å². The smallest absolute Gasteiger partial charge is 0.0537 e. The van der Waals surface area contributed by atoms with E-state index in [-0.39, 0.29) is 5.54 Å². The summed E-state index contributed by atoms with van der Waals surface area (Å²) >= 11 is 0. The minimum Gasteiger partial charge on any atom is -0.303 e. The molecule has 1 N–H and O–H groups in total. The van der Waals surface area contributed by atoms with Crippen LogP contribution in [0.25, 0.3) is 0 Å². The van der Waals surface area contributed by atoms with E-state index in [4.69, 9.17) is 0 Å². The minimum atomic E-state index is 0.109. The first-order valence-electron chi connectivity index (χ1n) is 3.39. The SMILES string of the molecule is CC1CN=CC(C)(C)N1. The van der Waals surface area contributed by atoms with Gasteiger partial charge in [0.1, 0.15) is 0 Å². The van der Waals surface area contributed by atoms with Gasteiger partial charge in [0.15, 0.2) is 0 Å². The highest BCUT2D eigenvalue weighted by Gasteiger charge is 2.19. The number of hydrogen-bond acceptors (Lipinski definition) is 2. The van der Waals surface area contributed by atoms with Gasteiger partial charge in [-0.3, -0.25) is 4.99 Å². The maximum atomic E-state index is 4.22. The van der Waals surface area contributed by atoms with Gasteiger partial charge in [0.25, 0.3) is 0 Å². The maximum absolute atomic E-state index is 4.22. The van der Waals surface area contributed by atoms with E-state index in [0.29, 0.717) is 6.04 Å². The first kappa shape index (κ1) is 6.75. The Bertz CT molecular complexity index is 127. The van der Waals surface area contributed by atoms with Crippen molar-refractivity contribution in [3.8, 4) is 0 Å². The molecular weight excluding hydrogens is 112 g/mol. The third-order valence-corrected chi connectivity index (χ3v) is 1.41. The Morgan fingerprint density at radius 2 is 2.33 bits per heavy atom. The fourth-order valence-corrected chi connectivity index (χ4v) is 1.16. The second kappa shape index (κ2) is 2.10. The largest absolute Gasteiger partial charge is 0.303 e. The van der Waals surface area contributed by atoms with Crippen LogP contribution in [0.4, 0.5) is 0 Å². The predicted molar refractivity (Wildman–Crippen MR) is 40.0 cm³/mol. The molecule has 9 heavy (non-hydrogen) atoms. The second-order valence-electron chi connectivity index (χ2n) is 3.26. The lowest BCUT2D eigenvalue weighted by atomic mass is 10.0. The molecule has 1 aliphatic heterocycles. The summed E-state index contributed by atoms with van der Waals surface area (Å²) in [6.07, 6.45) is 1.98. The van der Waals surface area contributed by atoms with E-state index in [1.54, 1.807) is 0 Å². The zero-order valence-corrected chi connectivity index (χ0v) is 6.31. The Kier molecular flexibility index (Phi) is 1.58. The van der Waals surface area contributed by atoms with Crippen LogP contribution < -0.4 is 5.32 Å². The lowest BCUT2D eigenvalue weighted by Gasteiger charge is -2.29. The van der Waals surface area contributed by atoms with Gasteiger partial charge in [0.05, 0.1) is 6.54 Å². The number of aliphatic imine (C=N–C) groups is 1. The first-order valence-corrected chi connectivity index (χ1v) is 3.39. The van der Waals surface area contributed by atoms with Crippen molar-refractivity contribution in [2.45, 2.75) is 32.4 Å². The van der Waals surface area contributed by atoms with Crippen LogP contribution in [0.1, 0.15) is 20.8 Å². The Hall–Kier alpha value is -0.370. The minimum absolute atomic E-state index is 0.109. The number of hydrogen-bond donors (Lipinski definition) is 1. The summed E-state index contributed by atoms with van der Waals surface area (Å²) in [6, 6.07) is 0.532. The van der Waals surface area contributed by atoms with Crippen molar-refractivity contribution in [1.82, 2.24) is 5.32 Å². The van der Waals surface area contributed by atoms with Gasteiger partial charge in [-0.2, -0.15) is 0 Å². The summed E-state index contributed by atoms with van der Waals surface area (Å²) in [6.45, 7) is 7.33. The Morgan fingerprint density at radius 1 is 1.67 bits per heavy atom. The normalized spacial score (nSPS) is 32.6. The molecule has 0 saturated heterocycles. The zero-order chi connectivity index (χ0) is 6.91. The fourth-order valence-electron chi connectivity index (χ4n) is 1.16. The quantitative estimate of drug-likeness (QED) is 0.510. The molecule has 52 valence electrons. The van der Waals surface area contributed by atoms with Crippen molar-refractivity contribution in [1.29, 1.82) is 0 Å². The molecule has 1 atom stereocenters. The lowest BCUT2D eigenvalue weighted by molar-refractivity contribution is 0.424. The number of nitrogens with one attached hydrogen (secondary N) is 1. The van der Waals surface area contributed by atoms with Gasteiger partial charge in [-0.25, -0.2) is 0 Å². The third-order valence-electron chi connectivity index (χ3n) is 1.41. The molecular formula is C7H14N2. The standard InChI is InChI=1S/C7H14N2/c1-6-4-8-5-7(2,3)9-6/h5-6,9H,4H2,1-3H3. The molecule has 0 aromatic carbocycles. The Labute approximate surface area is 56.4 Å². The molecule has 0 saturated carbocycles. The van der Waals surface area contributed by atoms with Gasteiger partial charge in [0, 0.05) is 17.8 Å². The van der Waals surface area contributed by atoms with Crippen molar-refractivity contribution in [2.75, 3.05) is 6.54 Å². The zero-order valence-electron chi connectivity index (χ0n) is 6.31. The average molecular weight is 126 g/mol. The molecule has 0 spiro atoms. The van der Waals surface area contributed by atoms with Gasteiger partial charge in [-0.1, -0.05) is 0 Å². The van der Waals surface area contributed by atoms with Crippen molar-refractivity contribution in [2.24, 2.45) is 4.99 Å². The van der Waals surface area contributed by atoms with Crippen LogP contribution in [-0.2, 0) is 0 Å². The fraction of sp³-hybridized carbons (Fsp3) is 0.857. The number of nitrogens with zero attached hydrogens (tertiary/aromatic N) is 1. The van der Waals surface area contributed by atoms with Gasteiger partial charge >= 0.3 is 0 Å². The van der Waals surface area contributed by atoms with Crippen molar-refractivity contribution < 1.29 is 0 Å². The van der Waals surface area contributed by atoms with Crippen LogP contribution in [0.2, 0.25) is 0 Å². The Balaban J connectivity index is 2.60. The molecule has 1 aliphatic rings. The van der Waals surface area contributed by atoms with E-state index in [0.717, 1.165) is 6.54 Å². The van der Waals surface area contributed by atoms with Crippen LogP contribution in [0.5, 0.6) is 0 Å². The lowest BCUT2D eigenvalue weighted by Crippen LogP contribution is -2.50. The third kappa shape index (κ3) is 1.79. The van der Waals surface area contributed by atoms with Gasteiger partial charge < -0.3 is 5.32 Å². The number of rotatable bonds is 0. The van der Waals surface area contributed by atoms with Crippen LogP contribution in [0.15, 0.2) is 4.99 Å². The van der Waals surface area contributed by atoms with E-state index < -0.39 is 0 Å². The summed E-state index contributed by atoms with van der Waals surface area (Å²) in [5.74, 6) is 0. The topological polar surface area (TPSA) is 24.4 Å². The second-order valence-corrected chi connectivity index (χ2v) is 3.26. The summed E-state index contributed by atoms with van der Waals surface area (Å²) in [4.78, 5) is 4.22. The molecule has 0 radical (unpaired) electrons. The monoisotopic (exact) mass is 126 g/mol. The van der Waals surface area contributed by atoms with Crippen LogP contribution in [0.3, 0.4) is 0 Å². The van der Waals surface area contributed by atoms with E-state index in [1.165, 1.54) is 0 Å². The molecule has 0 aliphatic carbocycles. The summed E-state index contributed by atoms with van der Waals surface area (Å²) in [5.41, 5.74) is 0.109. The summed E-state index contributed by atoms with van der Waals surface area (Å²) in [7, 11) is 0. The molecule has 2 heteroatoms. The predicted octanol–water partition coefficient (Wildman–Crippen LogP) is 0.827. The van der Waals surface area contributed by atoms with E-state index >= 15 is 0 Å². The Morgan fingerprint density at radius 3 is 2.67 bits per heavy atom. The molecule has 1 heterocycles. The molecule has 2 nitrogen and oxygen atoms in total.